The van der Waals surface area contributed by atoms with E-state index in [1.165, 1.54) is 6.92 Å². The van der Waals surface area contributed by atoms with Gasteiger partial charge in [0.25, 0.3) is 6.54 Å². The van der Waals surface area contributed by atoms with Crippen molar-refractivity contribution in [3.63, 3.8) is 0 Å². The number of ether oxygens (including phenoxy) is 1. The molecule has 0 bridgehead atoms. The Bertz CT molecular complexity index is 456. The van der Waals surface area contributed by atoms with Gasteiger partial charge in [0, 0.05) is 0 Å². The first kappa shape index (κ1) is 18.9. The van der Waals surface area contributed by atoms with E-state index in [9.17, 15) is 45.3 Å². The van der Waals surface area contributed by atoms with Crippen LogP contribution in [0.4, 0.5) is 0 Å². The summed E-state index contributed by atoms with van der Waals surface area (Å²) in [6.07, 6.45) is -0.627. The fourth-order valence-corrected chi connectivity index (χ4v) is 1.29. The molecule has 0 aromatic rings. The molecule has 0 aliphatic carbocycles. The number of nitro groups is 4. The Morgan fingerprint density at radius 3 is 1.82 bits per heavy atom. The fourth-order valence-electron chi connectivity index (χ4n) is 1.29. The molecule has 0 fully saturated rings. The molecule has 0 atom stereocenters. The lowest BCUT2D eigenvalue weighted by Crippen LogP contribution is -2.61. The lowest BCUT2D eigenvalue weighted by Gasteiger charge is -2.15. The number of hydrogen-bond donors (Lipinski definition) is 0. The molecule has 0 aliphatic rings. The Kier molecular flexibility index (Phi) is 6.52. The van der Waals surface area contributed by atoms with Crippen LogP contribution in [0.2, 0.25) is 0 Å². The lowest BCUT2D eigenvalue weighted by atomic mass is 10.3. The molecule has 22 heavy (non-hydrogen) atoms. The molecule has 0 unspecified atom stereocenters. The quantitative estimate of drug-likeness (QED) is 0.204. The molecular formula is C7H11N5O10. The molecule has 0 amide bonds. The second kappa shape index (κ2) is 7.60. The van der Waals surface area contributed by atoms with Crippen LogP contribution >= 0.6 is 0 Å². The van der Waals surface area contributed by atoms with Crippen LogP contribution in [0.15, 0.2) is 0 Å². The molecule has 0 aromatic heterocycles. The van der Waals surface area contributed by atoms with Gasteiger partial charge in [-0.15, -0.1) is 5.01 Å². The minimum atomic E-state index is -4.01. The van der Waals surface area contributed by atoms with Crippen LogP contribution in [-0.2, 0) is 9.53 Å². The third kappa shape index (κ3) is 4.18. The van der Waals surface area contributed by atoms with Crippen molar-refractivity contribution >= 4 is 5.97 Å². The maximum atomic E-state index is 11.1. The number of carbonyl (C=O) groups excluding carboxylic acids is 1. The standard InChI is InChI=1S/C7H11N5O10/c1-2-22-6(13)3-4-8(12(20)21)5-7(9(14)15,10(16)17)11(18)19/h2-5H2,1H3. The van der Waals surface area contributed by atoms with E-state index in [1.807, 2.05) is 0 Å². The van der Waals surface area contributed by atoms with Crippen LogP contribution in [-0.4, -0.2) is 56.3 Å². The number of esters is 1. The Morgan fingerprint density at radius 1 is 1.05 bits per heavy atom. The summed E-state index contributed by atoms with van der Waals surface area (Å²) in [6, 6.07) is 0. The maximum Gasteiger partial charge on any atom is 0.723 e. The van der Waals surface area contributed by atoms with Crippen LogP contribution in [0, 0.1) is 40.5 Å². The third-order valence-corrected chi connectivity index (χ3v) is 2.38. The molecule has 0 N–H and O–H groups in total. The first-order valence-corrected chi connectivity index (χ1v) is 5.58. The summed E-state index contributed by atoms with van der Waals surface area (Å²) >= 11 is 0. The molecule has 0 saturated heterocycles. The maximum absolute atomic E-state index is 11.1. The fraction of sp³-hybridized carbons (Fsp3) is 0.857. The summed E-state index contributed by atoms with van der Waals surface area (Å²) < 4.78 is 4.45. The van der Waals surface area contributed by atoms with Gasteiger partial charge in [0.05, 0.1) is 19.6 Å². The van der Waals surface area contributed by atoms with Gasteiger partial charge < -0.3 is 4.74 Å². The van der Waals surface area contributed by atoms with Crippen molar-refractivity contribution in [2.45, 2.75) is 19.1 Å². The van der Waals surface area contributed by atoms with Gasteiger partial charge in [-0.05, 0) is 6.92 Å². The predicted octanol–water partition coefficient (Wildman–Crippen LogP) is -1.08. The van der Waals surface area contributed by atoms with Crippen LogP contribution in [0.1, 0.15) is 13.3 Å². The highest BCUT2D eigenvalue weighted by atomic mass is 16.7. The number of hydrazine groups is 1. The summed E-state index contributed by atoms with van der Waals surface area (Å²) in [6.45, 7) is -1.16. The topological polar surface area (TPSA) is 202 Å². The second-order valence-corrected chi connectivity index (χ2v) is 3.73. The van der Waals surface area contributed by atoms with Crippen molar-refractivity contribution in [3.05, 3.63) is 40.5 Å². The molecule has 124 valence electrons. The van der Waals surface area contributed by atoms with Gasteiger partial charge >= 0.3 is 11.8 Å². The van der Waals surface area contributed by atoms with Crippen molar-refractivity contribution in [1.82, 2.24) is 5.01 Å². The third-order valence-electron chi connectivity index (χ3n) is 2.38. The zero-order valence-corrected chi connectivity index (χ0v) is 11.1. The van der Waals surface area contributed by atoms with E-state index in [-0.39, 0.29) is 11.6 Å². The number of nitrogens with zero attached hydrogens (tertiary/aromatic N) is 5. The zero-order chi connectivity index (χ0) is 17.5. The van der Waals surface area contributed by atoms with Crippen molar-refractivity contribution in [3.8, 4) is 0 Å². The highest BCUT2D eigenvalue weighted by molar-refractivity contribution is 5.69. The van der Waals surface area contributed by atoms with Crippen molar-refractivity contribution in [2.24, 2.45) is 0 Å². The average Bonchev–Trinajstić information content (AvgIpc) is 2.37. The van der Waals surface area contributed by atoms with Crippen molar-refractivity contribution in [2.75, 3.05) is 19.7 Å². The summed E-state index contributed by atoms with van der Waals surface area (Å²) in [7, 11) is 0. The number of rotatable bonds is 10. The normalized spacial score (nSPS) is 10.6. The molecule has 0 heterocycles. The second-order valence-electron chi connectivity index (χ2n) is 3.73. The van der Waals surface area contributed by atoms with Crippen molar-refractivity contribution in [1.29, 1.82) is 0 Å². The van der Waals surface area contributed by atoms with E-state index >= 15 is 0 Å². The Hall–Kier alpha value is -3.13. The number of carbonyl (C=O) groups is 1. The molecular weight excluding hydrogens is 314 g/mol. The SMILES string of the molecule is CCOC(=O)CCN(CC([N+](=O)[O-])([N+](=O)[O-])[N+](=O)[O-])[N+](=O)[O-]. The van der Waals surface area contributed by atoms with Crippen LogP contribution < -0.4 is 0 Å². The Labute approximate surface area is 121 Å². The first-order valence-electron chi connectivity index (χ1n) is 5.58. The summed E-state index contributed by atoms with van der Waals surface area (Å²) in [4.78, 5) is 48.3. The zero-order valence-electron chi connectivity index (χ0n) is 11.1. The minimum Gasteiger partial charge on any atom is -0.466 e. The molecule has 0 aliphatic heterocycles. The monoisotopic (exact) mass is 325 g/mol. The van der Waals surface area contributed by atoms with Crippen LogP contribution in [0.5, 0.6) is 0 Å². The average molecular weight is 325 g/mol. The minimum absolute atomic E-state index is 0.0278. The Morgan fingerprint density at radius 2 is 1.50 bits per heavy atom. The molecule has 15 heteroatoms. The largest absolute Gasteiger partial charge is 0.723 e. The smallest absolute Gasteiger partial charge is 0.466 e. The summed E-state index contributed by atoms with van der Waals surface area (Å²) in [5.41, 5.74) is 0. The Balaban J connectivity index is 5.30. The van der Waals surface area contributed by atoms with E-state index in [4.69, 9.17) is 0 Å². The van der Waals surface area contributed by atoms with E-state index < -0.39 is 51.1 Å². The van der Waals surface area contributed by atoms with Gasteiger partial charge in [-0.3, -0.25) is 35.1 Å². The highest BCUT2D eigenvalue weighted by Gasteiger charge is 2.73. The first-order chi connectivity index (χ1) is 10.1. The van der Waals surface area contributed by atoms with Crippen molar-refractivity contribution < 1.29 is 29.3 Å². The summed E-state index contributed by atoms with van der Waals surface area (Å²) in [5.74, 6) is -4.91. The molecule has 0 saturated carbocycles. The van der Waals surface area contributed by atoms with Gasteiger partial charge in [0.15, 0.2) is 19.8 Å². The summed E-state index contributed by atoms with van der Waals surface area (Å²) in [5, 5.41) is 41.3. The molecule has 0 radical (unpaired) electrons. The van der Waals surface area contributed by atoms with E-state index in [1.54, 1.807) is 0 Å². The molecule has 0 aromatic carbocycles. The van der Waals surface area contributed by atoms with Crippen LogP contribution in [0.3, 0.4) is 0 Å². The van der Waals surface area contributed by atoms with E-state index in [0.29, 0.717) is 0 Å². The lowest BCUT2D eigenvalue weighted by molar-refractivity contribution is -0.973. The van der Waals surface area contributed by atoms with Crippen LogP contribution in [0.25, 0.3) is 0 Å². The molecule has 15 nitrogen and oxygen atoms in total. The predicted molar refractivity (Wildman–Crippen MR) is 63.5 cm³/mol. The molecule has 0 spiro atoms. The van der Waals surface area contributed by atoms with Gasteiger partial charge in [0.2, 0.25) is 0 Å². The van der Waals surface area contributed by atoms with Gasteiger partial charge in [-0.2, -0.15) is 0 Å². The van der Waals surface area contributed by atoms with E-state index in [0.717, 1.165) is 0 Å². The number of hydrogen-bond acceptors (Lipinski definition) is 10. The van der Waals surface area contributed by atoms with Gasteiger partial charge in [0.1, 0.15) is 0 Å². The molecule has 0 rings (SSSR count). The highest BCUT2D eigenvalue weighted by Crippen LogP contribution is 2.15. The van der Waals surface area contributed by atoms with Gasteiger partial charge in [-0.1, -0.05) is 0 Å². The van der Waals surface area contributed by atoms with Gasteiger partial charge in [-0.25, -0.2) is 10.1 Å². The van der Waals surface area contributed by atoms with E-state index in [2.05, 4.69) is 4.74 Å².